The fourth-order valence-electron chi connectivity index (χ4n) is 1.64. The third kappa shape index (κ3) is 5.29. The molecule has 0 aliphatic heterocycles. The van der Waals surface area contributed by atoms with Gasteiger partial charge in [-0.1, -0.05) is 29.8 Å². The lowest BCUT2D eigenvalue weighted by molar-refractivity contribution is -0.121. The van der Waals surface area contributed by atoms with Crippen molar-refractivity contribution < 1.29 is 14.6 Å². The normalized spacial score (nSPS) is 12.2. The summed E-state index contributed by atoms with van der Waals surface area (Å²) in [5.41, 5.74) is 2.15. The zero-order valence-electron chi connectivity index (χ0n) is 11.0. The number of hydrogen-bond donors (Lipinski definition) is 2. The number of nitrogens with one attached hydrogen (secondary N) is 1. The minimum Gasteiger partial charge on any atom is -0.394 e. The average Bonchev–Trinajstić information content (AvgIpc) is 2.37. The highest BCUT2D eigenvalue weighted by atomic mass is 16.5. The van der Waals surface area contributed by atoms with Crippen molar-refractivity contribution in [3.8, 4) is 0 Å². The second-order valence-corrected chi connectivity index (χ2v) is 4.39. The molecule has 0 bridgehead atoms. The van der Waals surface area contributed by atoms with Crippen molar-refractivity contribution in [1.29, 1.82) is 0 Å². The first-order valence-corrected chi connectivity index (χ1v) is 6.10. The molecule has 0 aliphatic carbocycles. The predicted molar refractivity (Wildman–Crippen MR) is 70.4 cm³/mol. The lowest BCUT2D eigenvalue weighted by atomic mass is 10.1. The number of amides is 1. The predicted octanol–water partition coefficient (Wildman–Crippen LogP) is 1.05. The molecule has 1 aromatic rings. The van der Waals surface area contributed by atoms with Gasteiger partial charge in [-0.25, -0.2) is 0 Å². The average molecular weight is 251 g/mol. The Morgan fingerprint density at radius 2 is 2.06 bits per heavy atom. The number of aliphatic hydroxyl groups excluding tert-OH is 1. The Hall–Kier alpha value is -1.39. The van der Waals surface area contributed by atoms with Gasteiger partial charge in [-0.3, -0.25) is 4.79 Å². The fourth-order valence-corrected chi connectivity index (χ4v) is 1.64. The van der Waals surface area contributed by atoms with Crippen LogP contribution in [0.1, 0.15) is 17.5 Å². The van der Waals surface area contributed by atoms with Crippen molar-refractivity contribution in [2.75, 3.05) is 20.3 Å². The molecule has 4 heteroatoms. The second-order valence-electron chi connectivity index (χ2n) is 4.39. The number of ether oxygens (including phenoxy) is 1. The van der Waals surface area contributed by atoms with E-state index in [1.807, 2.05) is 31.2 Å². The smallest absolute Gasteiger partial charge is 0.224 e. The maximum absolute atomic E-state index is 11.8. The SMILES string of the molecule is COCCC(CO)NC(=O)Cc1ccc(C)cc1. The van der Waals surface area contributed by atoms with Crippen LogP contribution in [-0.2, 0) is 16.0 Å². The zero-order valence-corrected chi connectivity index (χ0v) is 11.0. The van der Waals surface area contributed by atoms with Crippen LogP contribution in [0, 0.1) is 6.92 Å². The van der Waals surface area contributed by atoms with E-state index in [4.69, 9.17) is 9.84 Å². The molecule has 2 N–H and O–H groups in total. The van der Waals surface area contributed by atoms with E-state index in [2.05, 4.69) is 5.32 Å². The Bertz CT molecular complexity index is 362. The van der Waals surface area contributed by atoms with Crippen LogP contribution >= 0.6 is 0 Å². The van der Waals surface area contributed by atoms with Crippen LogP contribution in [0.3, 0.4) is 0 Å². The van der Waals surface area contributed by atoms with Crippen LogP contribution in [0.25, 0.3) is 0 Å². The third-order valence-corrected chi connectivity index (χ3v) is 2.74. The molecule has 0 radical (unpaired) electrons. The highest BCUT2D eigenvalue weighted by Crippen LogP contribution is 2.04. The third-order valence-electron chi connectivity index (χ3n) is 2.74. The van der Waals surface area contributed by atoms with Crippen molar-refractivity contribution in [2.24, 2.45) is 0 Å². The molecule has 1 unspecified atom stereocenters. The fraction of sp³-hybridized carbons (Fsp3) is 0.500. The number of benzene rings is 1. The van der Waals surface area contributed by atoms with Crippen LogP contribution in [0.5, 0.6) is 0 Å². The molecule has 18 heavy (non-hydrogen) atoms. The first kappa shape index (κ1) is 14.7. The minimum atomic E-state index is -0.233. The van der Waals surface area contributed by atoms with E-state index in [9.17, 15) is 4.79 Å². The van der Waals surface area contributed by atoms with E-state index in [1.54, 1.807) is 7.11 Å². The van der Waals surface area contributed by atoms with Crippen molar-refractivity contribution in [1.82, 2.24) is 5.32 Å². The molecular weight excluding hydrogens is 230 g/mol. The largest absolute Gasteiger partial charge is 0.394 e. The molecule has 4 nitrogen and oxygen atoms in total. The summed E-state index contributed by atoms with van der Waals surface area (Å²) in [4.78, 5) is 11.8. The van der Waals surface area contributed by atoms with Gasteiger partial charge < -0.3 is 15.2 Å². The molecule has 0 aliphatic rings. The van der Waals surface area contributed by atoms with Gasteiger partial charge in [0.2, 0.25) is 5.91 Å². The van der Waals surface area contributed by atoms with Gasteiger partial charge >= 0.3 is 0 Å². The van der Waals surface area contributed by atoms with Gasteiger partial charge in [0.05, 0.1) is 19.1 Å². The summed E-state index contributed by atoms with van der Waals surface area (Å²) >= 11 is 0. The summed E-state index contributed by atoms with van der Waals surface area (Å²) in [6.07, 6.45) is 0.955. The Morgan fingerprint density at radius 3 is 2.61 bits per heavy atom. The molecule has 0 saturated carbocycles. The number of carbonyl (C=O) groups is 1. The molecule has 1 atom stereocenters. The van der Waals surface area contributed by atoms with Crippen molar-refractivity contribution in [3.63, 3.8) is 0 Å². The molecule has 0 heterocycles. The summed E-state index contributed by atoms with van der Waals surface area (Å²) in [7, 11) is 1.60. The first-order chi connectivity index (χ1) is 8.65. The van der Waals surface area contributed by atoms with E-state index < -0.39 is 0 Å². The van der Waals surface area contributed by atoms with Crippen molar-refractivity contribution in [3.05, 3.63) is 35.4 Å². The van der Waals surface area contributed by atoms with Crippen LogP contribution in [0.2, 0.25) is 0 Å². The van der Waals surface area contributed by atoms with E-state index in [-0.39, 0.29) is 18.6 Å². The van der Waals surface area contributed by atoms with E-state index >= 15 is 0 Å². The zero-order chi connectivity index (χ0) is 13.4. The second kappa shape index (κ2) is 7.84. The highest BCUT2D eigenvalue weighted by Gasteiger charge is 2.11. The lowest BCUT2D eigenvalue weighted by Crippen LogP contribution is -2.39. The lowest BCUT2D eigenvalue weighted by Gasteiger charge is -2.15. The first-order valence-electron chi connectivity index (χ1n) is 6.10. The van der Waals surface area contributed by atoms with Gasteiger partial charge in [0.1, 0.15) is 0 Å². The summed E-state index contributed by atoms with van der Waals surface area (Å²) in [6, 6.07) is 7.62. The van der Waals surface area contributed by atoms with Crippen LogP contribution in [0.4, 0.5) is 0 Å². The van der Waals surface area contributed by atoms with Crippen LogP contribution in [-0.4, -0.2) is 37.4 Å². The van der Waals surface area contributed by atoms with E-state index in [0.717, 1.165) is 5.56 Å². The maximum atomic E-state index is 11.8. The molecule has 0 fully saturated rings. The van der Waals surface area contributed by atoms with Gasteiger partial charge in [-0.05, 0) is 18.9 Å². The summed E-state index contributed by atoms with van der Waals surface area (Å²) in [5, 5.41) is 11.9. The molecule has 0 saturated heterocycles. The number of aliphatic hydroxyl groups is 1. The number of rotatable bonds is 7. The molecule has 0 spiro atoms. The standard InChI is InChI=1S/C14H21NO3/c1-11-3-5-12(6-4-11)9-14(17)15-13(10-16)7-8-18-2/h3-6,13,16H,7-10H2,1-2H3,(H,15,17). The topological polar surface area (TPSA) is 58.6 Å². The minimum absolute atomic E-state index is 0.0665. The Labute approximate surface area is 108 Å². The summed E-state index contributed by atoms with van der Waals surface area (Å²) in [5.74, 6) is -0.0750. The molecule has 1 amide bonds. The van der Waals surface area contributed by atoms with Gasteiger partial charge in [0, 0.05) is 13.7 Å². The number of methoxy groups -OCH3 is 1. The number of aryl methyl sites for hydroxylation is 1. The Morgan fingerprint density at radius 1 is 1.39 bits per heavy atom. The number of carbonyl (C=O) groups excluding carboxylic acids is 1. The molecule has 100 valence electrons. The summed E-state index contributed by atoms with van der Waals surface area (Å²) in [6.45, 7) is 2.47. The van der Waals surface area contributed by atoms with E-state index in [0.29, 0.717) is 19.4 Å². The summed E-state index contributed by atoms with van der Waals surface area (Å²) < 4.78 is 4.92. The molecular formula is C14H21NO3. The molecule has 0 aromatic heterocycles. The number of hydrogen-bond acceptors (Lipinski definition) is 3. The van der Waals surface area contributed by atoms with Crippen LogP contribution in [0.15, 0.2) is 24.3 Å². The maximum Gasteiger partial charge on any atom is 0.224 e. The monoisotopic (exact) mass is 251 g/mol. The highest BCUT2D eigenvalue weighted by molar-refractivity contribution is 5.78. The van der Waals surface area contributed by atoms with Crippen molar-refractivity contribution in [2.45, 2.75) is 25.8 Å². The quantitative estimate of drug-likeness (QED) is 0.761. The van der Waals surface area contributed by atoms with Gasteiger partial charge in [0.15, 0.2) is 0 Å². The van der Waals surface area contributed by atoms with Crippen LogP contribution < -0.4 is 5.32 Å². The molecule has 1 aromatic carbocycles. The van der Waals surface area contributed by atoms with E-state index in [1.165, 1.54) is 5.56 Å². The Balaban J connectivity index is 2.42. The Kier molecular flexibility index (Phi) is 6.39. The van der Waals surface area contributed by atoms with Crippen molar-refractivity contribution >= 4 is 5.91 Å². The molecule has 1 rings (SSSR count). The van der Waals surface area contributed by atoms with Gasteiger partial charge in [-0.15, -0.1) is 0 Å². The van der Waals surface area contributed by atoms with Gasteiger partial charge in [0.25, 0.3) is 0 Å². The van der Waals surface area contributed by atoms with Gasteiger partial charge in [-0.2, -0.15) is 0 Å².